The van der Waals surface area contributed by atoms with Crippen LogP contribution in [0.3, 0.4) is 0 Å². The lowest BCUT2D eigenvalue weighted by atomic mass is 10.4. The monoisotopic (exact) mass is 282 g/mol. The van der Waals surface area contributed by atoms with Gasteiger partial charge in [-0.3, -0.25) is 4.99 Å². The molecule has 1 unspecified atom stereocenters. The summed E-state index contributed by atoms with van der Waals surface area (Å²) in [6.07, 6.45) is 1.54. The van der Waals surface area contributed by atoms with Gasteiger partial charge in [-0.2, -0.15) is 0 Å². The van der Waals surface area contributed by atoms with Crippen molar-refractivity contribution in [3.8, 4) is 0 Å². The lowest BCUT2D eigenvalue weighted by molar-refractivity contribution is -0.148. The number of carbonyl (C=O) groups is 1. The molecule has 82 valence electrons. The average Bonchev–Trinajstić information content (AvgIpc) is 2.53. The van der Waals surface area contributed by atoms with Crippen molar-refractivity contribution in [2.24, 2.45) is 4.99 Å². The first-order valence-corrected chi connectivity index (χ1v) is 4.77. The molecule has 0 aromatic rings. The minimum atomic E-state index is -0.520. The van der Waals surface area contributed by atoms with Crippen LogP contribution in [0.25, 0.3) is 0 Å². The molecule has 0 N–H and O–H groups in total. The maximum Gasteiger partial charge on any atom is 0.339 e. The Balaban J connectivity index is 0.00000169. The Morgan fingerprint density at radius 2 is 2.29 bits per heavy atom. The number of rotatable bonds is 3. The fraction of sp³-hybridized carbons (Fsp3) is 0.750. The first kappa shape index (κ1) is 13.8. The van der Waals surface area contributed by atoms with E-state index >= 15 is 0 Å². The van der Waals surface area contributed by atoms with Crippen LogP contribution < -0.4 is 0 Å². The van der Waals surface area contributed by atoms with Crippen molar-refractivity contribution in [2.45, 2.75) is 25.3 Å². The number of nitrogens with zero attached hydrogens (tertiary/aromatic N) is 2. The maximum atomic E-state index is 11.3. The minimum Gasteiger partial charge on any atom is -0.461 e. The predicted octanol–water partition coefficient (Wildman–Crippen LogP) is 1.12. The molecule has 1 aliphatic rings. The highest BCUT2D eigenvalue weighted by Gasteiger charge is 2.23. The molecule has 0 bridgehead atoms. The fourth-order valence-corrected chi connectivity index (χ4v) is 1.24. The van der Waals surface area contributed by atoms with Crippen molar-refractivity contribution in [1.29, 1.82) is 0 Å². The summed E-state index contributed by atoms with van der Waals surface area (Å²) < 4.78 is 5.01. The van der Waals surface area contributed by atoms with E-state index in [9.17, 15) is 4.79 Å². The number of thiol groups is 1. The third-order valence-electron chi connectivity index (χ3n) is 1.59. The topological polar surface area (TPSA) is 41.9 Å². The van der Waals surface area contributed by atoms with Gasteiger partial charge in [0.25, 0.3) is 0 Å². The molecule has 1 heterocycles. The van der Waals surface area contributed by atoms with Crippen LogP contribution in [-0.4, -0.2) is 41.8 Å². The molecule has 0 saturated heterocycles. The van der Waals surface area contributed by atoms with E-state index in [1.165, 1.54) is 0 Å². The number of hydrogen-bond acceptors (Lipinski definition) is 5. The number of carbonyl (C=O) groups excluding carboxylic acids is 1. The van der Waals surface area contributed by atoms with Gasteiger partial charge in [-0.05, 0) is 13.8 Å². The molecule has 14 heavy (non-hydrogen) atoms. The molecule has 0 spiro atoms. The van der Waals surface area contributed by atoms with E-state index in [2.05, 4.69) is 17.6 Å². The molecule has 4 nitrogen and oxygen atoms in total. The van der Waals surface area contributed by atoms with Gasteiger partial charge < -0.3 is 9.64 Å². The first-order chi connectivity index (χ1) is 6.11. The standard InChI is InChI=1S/C8H14N2O2S.BrH/c1-6(2)12-8(11)7(13)10-4-3-9-5-10;/h5-7,13H,3-4H2,1-2H3;1H. The number of esters is 1. The van der Waals surface area contributed by atoms with Crippen LogP contribution in [0.4, 0.5) is 0 Å². The van der Waals surface area contributed by atoms with Gasteiger partial charge in [0.05, 0.1) is 19.0 Å². The highest BCUT2D eigenvalue weighted by molar-refractivity contribution is 8.93. The highest BCUT2D eigenvalue weighted by atomic mass is 79.9. The van der Waals surface area contributed by atoms with Crippen LogP contribution in [0, 0.1) is 0 Å². The molecule has 1 aliphatic heterocycles. The number of hydrogen-bond donors (Lipinski definition) is 1. The zero-order valence-electron chi connectivity index (χ0n) is 8.21. The van der Waals surface area contributed by atoms with Gasteiger partial charge in [0, 0.05) is 6.54 Å². The largest absolute Gasteiger partial charge is 0.461 e. The zero-order valence-corrected chi connectivity index (χ0v) is 10.8. The number of halogens is 1. The molecular weight excluding hydrogens is 268 g/mol. The van der Waals surface area contributed by atoms with Crippen molar-refractivity contribution < 1.29 is 9.53 Å². The molecule has 1 atom stereocenters. The maximum absolute atomic E-state index is 11.3. The molecule has 0 aliphatic carbocycles. The molecule has 6 heteroatoms. The minimum absolute atomic E-state index is 0. The third kappa shape index (κ3) is 3.88. The summed E-state index contributed by atoms with van der Waals surface area (Å²) in [5, 5.41) is -0.520. The van der Waals surface area contributed by atoms with Gasteiger partial charge in [-0.1, -0.05) is 0 Å². The SMILES string of the molecule is Br.CC(C)OC(=O)C(S)N1C=NCC1. The van der Waals surface area contributed by atoms with Gasteiger partial charge in [0.1, 0.15) is 0 Å². The molecule has 0 saturated carbocycles. The quantitative estimate of drug-likeness (QED) is 0.623. The molecular formula is C8H15BrN2O2S. The Bertz CT molecular complexity index is 223. The molecule has 0 aromatic heterocycles. The summed E-state index contributed by atoms with van der Waals surface area (Å²) >= 11 is 4.15. The molecule has 0 aromatic carbocycles. The van der Waals surface area contributed by atoms with Crippen molar-refractivity contribution in [1.82, 2.24) is 4.90 Å². The Morgan fingerprint density at radius 3 is 2.71 bits per heavy atom. The predicted molar refractivity (Wildman–Crippen MR) is 64.4 cm³/mol. The van der Waals surface area contributed by atoms with Gasteiger partial charge in [-0.25, -0.2) is 4.79 Å². The van der Waals surface area contributed by atoms with E-state index in [-0.39, 0.29) is 29.1 Å². The second-order valence-electron chi connectivity index (χ2n) is 3.12. The van der Waals surface area contributed by atoms with E-state index in [0.717, 1.165) is 13.1 Å². The molecule has 1 rings (SSSR count). The molecule has 0 fully saturated rings. The highest BCUT2D eigenvalue weighted by Crippen LogP contribution is 2.08. The molecule has 0 amide bonds. The van der Waals surface area contributed by atoms with E-state index in [4.69, 9.17) is 4.74 Å². The van der Waals surface area contributed by atoms with Crippen LogP contribution in [0.15, 0.2) is 4.99 Å². The summed E-state index contributed by atoms with van der Waals surface area (Å²) in [6, 6.07) is 0. The van der Waals surface area contributed by atoms with Crippen molar-refractivity contribution in [2.75, 3.05) is 13.1 Å². The normalized spacial score (nSPS) is 16.7. The Kier molecular flexibility index (Phi) is 6.19. The average molecular weight is 283 g/mol. The summed E-state index contributed by atoms with van der Waals surface area (Å²) in [4.78, 5) is 17.1. The second-order valence-corrected chi connectivity index (χ2v) is 3.61. The van der Waals surface area contributed by atoms with Crippen LogP contribution in [0.5, 0.6) is 0 Å². The molecule has 0 radical (unpaired) electrons. The summed E-state index contributed by atoms with van der Waals surface area (Å²) in [5.74, 6) is -0.313. The lowest BCUT2D eigenvalue weighted by Crippen LogP contribution is -2.37. The third-order valence-corrected chi connectivity index (χ3v) is 2.10. The zero-order chi connectivity index (χ0) is 9.84. The van der Waals surface area contributed by atoms with Crippen LogP contribution in [0.2, 0.25) is 0 Å². The summed E-state index contributed by atoms with van der Waals surface area (Å²) in [5.41, 5.74) is 0. The van der Waals surface area contributed by atoms with Crippen LogP contribution in [0.1, 0.15) is 13.8 Å². The smallest absolute Gasteiger partial charge is 0.339 e. The summed E-state index contributed by atoms with van der Waals surface area (Å²) in [6.45, 7) is 5.10. The fourth-order valence-electron chi connectivity index (χ4n) is 1.01. The Hall–Kier alpha value is -0.230. The number of ether oxygens (including phenoxy) is 1. The van der Waals surface area contributed by atoms with Crippen molar-refractivity contribution in [3.05, 3.63) is 0 Å². The van der Waals surface area contributed by atoms with Crippen LogP contribution in [-0.2, 0) is 9.53 Å². The van der Waals surface area contributed by atoms with Gasteiger partial charge >= 0.3 is 5.97 Å². The van der Waals surface area contributed by atoms with Gasteiger partial charge in [0.15, 0.2) is 5.37 Å². The van der Waals surface area contributed by atoms with E-state index in [0.29, 0.717) is 0 Å². The summed E-state index contributed by atoms with van der Waals surface area (Å²) in [7, 11) is 0. The van der Waals surface area contributed by atoms with Crippen molar-refractivity contribution >= 4 is 41.9 Å². The van der Waals surface area contributed by atoms with Crippen LogP contribution >= 0.6 is 29.6 Å². The first-order valence-electron chi connectivity index (χ1n) is 4.25. The van der Waals surface area contributed by atoms with E-state index in [1.54, 1.807) is 11.2 Å². The Labute approximate surface area is 99.9 Å². The van der Waals surface area contributed by atoms with E-state index < -0.39 is 5.37 Å². The Morgan fingerprint density at radius 1 is 1.64 bits per heavy atom. The second kappa shape index (κ2) is 6.29. The van der Waals surface area contributed by atoms with Gasteiger partial charge in [0.2, 0.25) is 0 Å². The lowest BCUT2D eigenvalue weighted by Gasteiger charge is -2.21. The van der Waals surface area contributed by atoms with Crippen molar-refractivity contribution in [3.63, 3.8) is 0 Å². The van der Waals surface area contributed by atoms with Gasteiger partial charge in [-0.15, -0.1) is 29.6 Å². The van der Waals surface area contributed by atoms with E-state index in [1.807, 2.05) is 13.8 Å². The number of aliphatic imine (C=N–C) groups is 1.